The van der Waals surface area contributed by atoms with Gasteiger partial charge in [0.2, 0.25) is 23.3 Å². The summed E-state index contributed by atoms with van der Waals surface area (Å²) >= 11 is 7.83. The number of nitrogens with zero attached hydrogens (tertiary/aromatic N) is 2. The van der Waals surface area contributed by atoms with Gasteiger partial charge in [0.25, 0.3) is 0 Å². The van der Waals surface area contributed by atoms with Gasteiger partial charge in [0.15, 0.2) is 0 Å². The van der Waals surface area contributed by atoms with E-state index in [2.05, 4.69) is 10.0 Å². The molecule has 42 heavy (non-hydrogen) atoms. The Kier molecular flexibility index (Phi) is 11.0. The number of likely N-dealkylation sites (tertiary alicyclic amines) is 1. The van der Waals surface area contributed by atoms with Gasteiger partial charge in [0.05, 0.1) is 16.9 Å². The summed E-state index contributed by atoms with van der Waals surface area (Å²) in [5, 5.41) is 12.8. The number of hydrogen-bond acceptors (Lipinski definition) is 8. The molecular formula is C27H36ClN4O7PS2. The first-order valence-electron chi connectivity index (χ1n) is 13.7. The van der Waals surface area contributed by atoms with Crippen molar-refractivity contribution in [2.45, 2.75) is 67.1 Å². The standard InChI is InChI=1S/C27H36ClN4O7PS2/c1-31-25(12-6-3-7-14-40(36,37)18-26(33)32-13-8-11-22(32)27(34)35)30-21-15-20(28)24(16-23(21)41-31)42(38,39)29-17-19-9-4-2-5-10-19/h2,4-5,9-10,15-16,22,25,29-30H,3,6-8,11-14,17-18H2,1H3,(H,34,35)(H,36,37)/t22-,25?/m0/s1. The molecule has 3 atom stereocenters. The summed E-state index contributed by atoms with van der Waals surface area (Å²) in [6.07, 6.45) is 2.96. The molecule has 15 heteroatoms. The number of halogens is 1. The van der Waals surface area contributed by atoms with E-state index in [0.29, 0.717) is 32.2 Å². The fraction of sp³-hybridized carbons (Fsp3) is 0.481. The van der Waals surface area contributed by atoms with E-state index in [9.17, 15) is 32.6 Å². The molecule has 230 valence electrons. The number of carboxylic acids is 1. The first-order valence-corrected chi connectivity index (χ1v) is 18.4. The highest BCUT2D eigenvalue weighted by molar-refractivity contribution is 7.97. The SMILES string of the molecule is CN1Sc2cc(S(=O)(=O)NCc3ccccc3)c(Cl)cc2NC1CCCCCP(=O)(O)CC(=O)N1CCC[C@H]1C(=O)O. The molecule has 4 rings (SSSR count). The molecule has 11 nitrogen and oxygen atoms in total. The molecule has 0 aromatic heterocycles. The van der Waals surface area contributed by atoms with E-state index in [-0.39, 0.29) is 28.8 Å². The topological polar surface area (TPSA) is 156 Å². The first-order chi connectivity index (χ1) is 19.9. The monoisotopic (exact) mass is 658 g/mol. The Labute approximate surface area is 255 Å². The van der Waals surface area contributed by atoms with Crippen LogP contribution in [-0.2, 0) is 30.7 Å². The molecule has 2 aromatic rings. The molecule has 0 bridgehead atoms. The summed E-state index contributed by atoms with van der Waals surface area (Å²) in [4.78, 5) is 36.1. The van der Waals surface area contributed by atoms with E-state index in [4.69, 9.17) is 11.6 Å². The average molecular weight is 659 g/mol. The molecule has 0 radical (unpaired) electrons. The second-order valence-electron chi connectivity index (χ2n) is 10.5. The Balaban J connectivity index is 1.25. The normalized spacial score (nSPS) is 20.5. The number of anilines is 1. The maximum Gasteiger partial charge on any atom is 0.326 e. The smallest absolute Gasteiger partial charge is 0.326 e. The summed E-state index contributed by atoms with van der Waals surface area (Å²) in [7, 11) is -5.66. The molecule has 2 unspecified atom stereocenters. The van der Waals surface area contributed by atoms with Gasteiger partial charge >= 0.3 is 5.97 Å². The lowest BCUT2D eigenvalue weighted by Gasteiger charge is -2.35. The Morgan fingerprint density at radius 3 is 2.64 bits per heavy atom. The summed E-state index contributed by atoms with van der Waals surface area (Å²) in [6, 6.07) is 11.5. The maximum absolute atomic E-state index is 13.0. The molecule has 1 fully saturated rings. The third-order valence-corrected chi connectivity index (χ3v) is 12.1. The Morgan fingerprint density at radius 1 is 1.19 bits per heavy atom. The van der Waals surface area contributed by atoms with Crippen LogP contribution in [0.2, 0.25) is 5.02 Å². The van der Waals surface area contributed by atoms with Gasteiger partial charge < -0.3 is 20.2 Å². The van der Waals surface area contributed by atoms with Gasteiger partial charge in [-0.1, -0.05) is 54.8 Å². The third-order valence-electron chi connectivity index (χ3n) is 7.36. The number of nitrogens with one attached hydrogen (secondary N) is 2. The number of rotatable bonds is 13. The van der Waals surface area contributed by atoms with Crippen LogP contribution in [0.4, 0.5) is 5.69 Å². The van der Waals surface area contributed by atoms with E-state index in [1.807, 2.05) is 41.7 Å². The minimum atomic E-state index is -3.84. The van der Waals surface area contributed by atoms with E-state index in [1.165, 1.54) is 16.8 Å². The summed E-state index contributed by atoms with van der Waals surface area (Å²) in [6.45, 7) is 0.446. The van der Waals surface area contributed by atoms with E-state index in [0.717, 1.165) is 29.0 Å². The predicted octanol–water partition coefficient (Wildman–Crippen LogP) is 4.42. The number of sulfonamides is 1. The lowest BCUT2D eigenvalue weighted by atomic mass is 10.1. The number of aliphatic carboxylic acids is 1. The van der Waals surface area contributed by atoms with Crippen LogP contribution in [-0.4, -0.2) is 77.6 Å². The number of carbonyl (C=O) groups is 2. The van der Waals surface area contributed by atoms with Gasteiger partial charge in [0, 0.05) is 24.1 Å². The Morgan fingerprint density at radius 2 is 1.93 bits per heavy atom. The van der Waals surface area contributed by atoms with Crippen LogP contribution in [0.1, 0.15) is 44.1 Å². The number of carboxylic acid groups (broad SMARTS) is 1. The van der Waals surface area contributed by atoms with Crippen LogP contribution in [0, 0.1) is 0 Å². The van der Waals surface area contributed by atoms with Gasteiger partial charge in [-0.25, -0.2) is 22.2 Å². The predicted molar refractivity (Wildman–Crippen MR) is 163 cm³/mol. The number of fused-ring (bicyclic) bond motifs is 1. The molecule has 2 aliphatic heterocycles. The van der Waals surface area contributed by atoms with Gasteiger partial charge in [0.1, 0.15) is 17.1 Å². The average Bonchev–Trinajstić information content (AvgIpc) is 3.43. The van der Waals surface area contributed by atoms with Crippen molar-refractivity contribution in [3.63, 3.8) is 0 Å². The largest absolute Gasteiger partial charge is 0.480 e. The summed E-state index contributed by atoms with van der Waals surface area (Å²) < 4.78 is 43.2. The molecule has 0 spiro atoms. The minimum absolute atomic E-state index is 0.000995. The lowest BCUT2D eigenvalue weighted by Crippen LogP contribution is -2.41. The van der Waals surface area contributed by atoms with Crippen molar-refractivity contribution in [1.82, 2.24) is 13.9 Å². The Bertz CT molecular complexity index is 1450. The zero-order valence-electron chi connectivity index (χ0n) is 23.2. The quantitative estimate of drug-likeness (QED) is 0.138. The van der Waals surface area contributed by atoms with Crippen molar-refractivity contribution in [3.8, 4) is 0 Å². The van der Waals surface area contributed by atoms with Gasteiger partial charge in [-0.3, -0.25) is 9.36 Å². The molecule has 0 aliphatic carbocycles. The van der Waals surface area contributed by atoms with E-state index >= 15 is 0 Å². The second kappa shape index (κ2) is 14.1. The zero-order valence-corrected chi connectivity index (χ0v) is 26.5. The lowest BCUT2D eigenvalue weighted by molar-refractivity contribution is -0.147. The number of unbranched alkanes of at least 4 members (excludes halogenated alkanes) is 2. The molecule has 1 saturated heterocycles. The molecule has 1 amide bonds. The molecule has 2 aliphatic rings. The number of hydrogen-bond donors (Lipinski definition) is 4. The third kappa shape index (κ3) is 8.49. The zero-order chi connectivity index (χ0) is 30.5. The summed E-state index contributed by atoms with van der Waals surface area (Å²) in [5.74, 6) is -1.66. The van der Waals surface area contributed by atoms with Gasteiger partial charge in [-0.2, -0.15) is 0 Å². The van der Waals surface area contributed by atoms with E-state index < -0.39 is 41.5 Å². The highest BCUT2D eigenvalue weighted by Gasteiger charge is 2.36. The van der Waals surface area contributed by atoms with Crippen LogP contribution in [0.3, 0.4) is 0 Å². The second-order valence-corrected chi connectivity index (χ2v) is 16.3. The van der Waals surface area contributed by atoms with Crippen molar-refractivity contribution in [2.75, 3.05) is 31.2 Å². The van der Waals surface area contributed by atoms with Crippen molar-refractivity contribution < 1.29 is 32.6 Å². The number of benzene rings is 2. The summed E-state index contributed by atoms with van der Waals surface area (Å²) in [5.41, 5.74) is 1.56. The van der Waals surface area contributed by atoms with Crippen LogP contribution in [0.25, 0.3) is 0 Å². The molecule has 2 heterocycles. The molecule has 2 aromatic carbocycles. The van der Waals surface area contributed by atoms with Gasteiger partial charge in [-0.05, 0) is 62.4 Å². The van der Waals surface area contributed by atoms with Crippen LogP contribution in [0.5, 0.6) is 0 Å². The molecular weight excluding hydrogens is 623 g/mol. The molecule has 0 saturated carbocycles. The highest BCUT2D eigenvalue weighted by Crippen LogP contribution is 2.43. The van der Waals surface area contributed by atoms with Crippen LogP contribution < -0.4 is 10.0 Å². The molecule has 4 N–H and O–H groups in total. The van der Waals surface area contributed by atoms with Crippen LogP contribution >= 0.6 is 30.9 Å². The maximum atomic E-state index is 13.0. The van der Waals surface area contributed by atoms with Gasteiger partial charge in [-0.15, -0.1) is 0 Å². The first kappa shape index (κ1) is 32.8. The highest BCUT2D eigenvalue weighted by atomic mass is 35.5. The van der Waals surface area contributed by atoms with E-state index in [1.54, 1.807) is 12.1 Å². The fourth-order valence-electron chi connectivity index (χ4n) is 5.10. The fourth-order valence-corrected chi connectivity index (χ4v) is 9.21. The van der Waals surface area contributed by atoms with Crippen molar-refractivity contribution >= 4 is 58.5 Å². The van der Waals surface area contributed by atoms with Crippen molar-refractivity contribution in [3.05, 3.63) is 53.1 Å². The van der Waals surface area contributed by atoms with Crippen molar-refractivity contribution in [1.29, 1.82) is 0 Å². The number of carbonyl (C=O) groups excluding carboxylic acids is 1. The minimum Gasteiger partial charge on any atom is -0.480 e. The van der Waals surface area contributed by atoms with Crippen molar-refractivity contribution in [2.24, 2.45) is 0 Å². The Hall–Kier alpha value is -2.12. The number of amides is 1. The van der Waals surface area contributed by atoms with Crippen LogP contribution in [0.15, 0.2) is 52.3 Å².